The summed E-state index contributed by atoms with van der Waals surface area (Å²) in [5.74, 6) is -0.00670. The maximum atomic E-state index is 12.3. The summed E-state index contributed by atoms with van der Waals surface area (Å²) in [5, 5.41) is 3.27. The average Bonchev–Trinajstić information content (AvgIpc) is 2.57. The number of carbonyl (C=O) groups excluding carboxylic acids is 1. The number of nitrogens with zero attached hydrogens (tertiary/aromatic N) is 1. The van der Waals surface area contributed by atoms with Gasteiger partial charge in [0.05, 0.1) is 17.5 Å². The lowest BCUT2D eigenvalue weighted by molar-refractivity contribution is -0.121. The number of aromatic nitrogens is 2. The summed E-state index contributed by atoms with van der Waals surface area (Å²) in [6.07, 6.45) is 2.61. The standard InChI is InChI=1S/C17H23N3O4/c1-24-12-10-18-15(21)9-3-2-6-11-20-16(22)13-7-4-5-8-14(13)19-17(20)23/h4-5,7-8H,2-3,6,9-12H2,1H3,(H,18,21)(H,19,23). The molecule has 130 valence electrons. The van der Waals surface area contributed by atoms with Crippen LogP contribution in [0.4, 0.5) is 0 Å². The number of aromatic amines is 1. The van der Waals surface area contributed by atoms with E-state index in [4.69, 9.17) is 4.74 Å². The SMILES string of the molecule is COCCNC(=O)CCCCCn1c(=O)[nH]c2ccccc2c1=O. The van der Waals surface area contributed by atoms with Crippen LogP contribution in [0.2, 0.25) is 0 Å². The van der Waals surface area contributed by atoms with E-state index < -0.39 is 5.69 Å². The van der Waals surface area contributed by atoms with Gasteiger partial charge in [-0.05, 0) is 25.0 Å². The van der Waals surface area contributed by atoms with Crippen LogP contribution < -0.4 is 16.6 Å². The highest BCUT2D eigenvalue weighted by atomic mass is 16.5. The molecule has 1 aromatic carbocycles. The van der Waals surface area contributed by atoms with Crippen molar-refractivity contribution in [3.8, 4) is 0 Å². The van der Waals surface area contributed by atoms with Crippen molar-refractivity contribution in [3.63, 3.8) is 0 Å². The van der Waals surface area contributed by atoms with Crippen molar-refractivity contribution in [3.05, 3.63) is 45.1 Å². The third-order valence-electron chi connectivity index (χ3n) is 3.80. The molecule has 2 aromatic rings. The molecule has 7 heteroatoms. The second kappa shape index (κ2) is 9.02. The van der Waals surface area contributed by atoms with E-state index in [1.807, 2.05) is 0 Å². The molecule has 2 N–H and O–H groups in total. The van der Waals surface area contributed by atoms with Gasteiger partial charge in [-0.2, -0.15) is 0 Å². The van der Waals surface area contributed by atoms with Crippen molar-refractivity contribution >= 4 is 16.8 Å². The third-order valence-corrected chi connectivity index (χ3v) is 3.80. The number of amides is 1. The molecule has 0 spiro atoms. The van der Waals surface area contributed by atoms with E-state index in [1.165, 1.54) is 4.57 Å². The Labute approximate surface area is 139 Å². The Morgan fingerprint density at radius 2 is 2.00 bits per heavy atom. The number of nitrogens with one attached hydrogen (secondary N) is 2. The van der Waals surface area contributed by atoms with Gasteiger partial charge in [-0.25, -0.2) is 4.79 Å². The number of para-hydroxylation sites is 1. The van der Waals surface area contributed by atoms with Gasteiger partial charge in [0.15, 0.2) is 0 Å². The Hall–Kier alpha value is -2.41. The molecule has 0 radical (unpaired) electrons. The van der Waals surface area contributed by atoms with E-state index in [9.17, 15) is 14.4 Å². The zero-order valence-corrected chi connectivity index (χ0v) is 13.8. The highest BCUT2D eigenvalue weighted by molar-refractivity contribution is 5.77. The van der Waals surface area contributed by atoms with Gasteiger partial charge in [-0.1, -0.05) is 18.6 Å². The molecule has 7 nitrogen and oxygen atoms in total. The Kier molecular flexibility index (Phi) is 6.74. The van der Waals surface area contributed by atoms with Crippen molar-refractivity contribution in [2.45, 2.75) is 32.2 Å². The van der Waals surface area contributed by atoms with Crippen molar-refractivity contribution < 1.29 is 9.53 Å². The first-order valence-corrected chi connectivity index (χ1v) is 8.11. The number of hydrogen-bond donors (Lipinski definition) is 2. The lowest BCUT2D eigenvalue weighted by atomic mass is 10.2. The van der Waals surface area contributed by atoms with E-state index in [0.717, 1.165) is 12.8 Å². The Morgan fingerprint density at radius 1 is 1.21 bits per heavy atom. The van der Waals surface area contributed by atoms with Crippen LogP contribution in [-0.2, 0) is 16.1 Å². The van der Waals surface area contributed by atoms with Crippen LogP contribution in [0.5, 0.6) is 0 Å². The number of hydrogen-bond acceptors (Lipinski definition) is 4. The molecular formula is C17H23N3O4. The molecule has 0 aliphatic rings. The molecule has 0 aliphatic carbocycles. The molecule has 1 heterocycles. The van der Waals surface area contributed by atoms with Gasteiger partial charge in [0.1, 0.15) is 0 Å². The predicted octanol–water partition coefficient (Wildman–Crippen LogP) is 1.01. The van der Waals surface area contributed by atoms with E-state index in [2.05, 4.69) is 10.3 Å². The highest BCUT2D eigenvalue weighted by Gasteiger charge is 2.07. The minimum atomic E-state index is -0.393. The molecular weight excluding hydrogens is 310 g/mol. The molecule has 24 heavy (non-hydrogen) atoms. The van der Waals surface area contributed by atoms with Crippen LogP contribution >= 0.6 is 0 Å². The van der Waals surface area contributed by atoms with Gasteiger partial charge < -0.3 is 15.0 Å². The number of fused-ring (bicyclic) bond motifs is 1. The van der Waals surface area contributed by atoms with Gasteiger partial charge in [0, 0.05) is 26.6 Å². The van der Waals surface area contributed by atoms with Crippen LogP contribution in [0.3, 0.4) is 0 Å². The van der Waals surface area contributed by atoms with Crippen LogP contribution in [0, 0.1) is 0 Å². The fraction of sp³-hybridized carbons (Fsp3) is 0.471. The monoisotopic (exact) mass is 333 g/mol. The molecule has 0 aliphatic heterocycles. The summed E-state index contributed by atoms with van der Waals surface area (Å²) in [6.45, 7) is 1.36. The number of carbonyl (C=O) groups is 1. The Bertz CT molecular complexity index is 794. The smallest absolute Gasteiger partial charge is 0.328 e. The Morgan fingerprint density at radius 3 is 2.79 bits per heavy atom. The molecule has 1 amide bonds. The predicted molar refractivity (Wildman–Crippen MR) is 92.2 cm³/mol. The maximum Gasteiger partial charge on any atom is 0.328 e. The first kappa shape index (κ1) is 17.9. The zero-order chi connectivity index (χ0) is 17.4. The fourth-order valence-corrected chi connectivity index (χ4v) is 2.52. The topological polar surface area (TPSA) is 93.2 Å². The molecule has 2 rings (SSSR count). The fourth-order valence-electron chi connectivity index (χ4n) is 2.52. The van der Waals surface area contributed by atoms with Crippen molar-refractivity contribution in [2.75, 3.05) is 20.3 Å². The van der Waals surface area contributed by atoms with Gasteiger partial charge in [0.2, 0.25) is 5.91 Å². The number of unbranched alkanes of at least 4 members (excludes halogenated alkanes) is 2. The number of ether oxygens (including phenoxy) is 1. The first-order valence-electron chi connectivity index (χ1n) is 8.11. The number of benzene rings is 1. The molecule has 0 fully saturated rings. The summed E-state index contributed by atoms with van der Waals surface area (Å²) >= 11 is 0. The van der Waals surface area contributed by atoms with E-state index >= 15 is 0 Å². The zero-order valence-electron chi connectivity index (χ0n) is 13.8. The molecule has 0 atom stereocenters. The molecule has 0 unspecified atom stereocenters. The van der Waals surface area contributed by atoms with Crippen LogP contribution in [0.25, 0.3) is 10.9 Å². The quantitative estimate of drug-likeness (QED) is 0.670. The number of rotatable bonds is 9. The lowest BCUT2D eigenvalue weighted by Crippen LogP contribution is -2.35. The first-order chi connectivity index (χ1) is 11.6. The third kappa shape index (κ3) is 4.79. The van der Waals surface area contributed by atoms with Gasteiger partial charge in [-0.3, -0.25) is 14.2 Å². The largest absolute Gasteiger partial charge is 0.383 e. The second-order valence-corrected chi connectivity index (χ2v) is 5.59. The Balaban J connectivity index is 1.83. The van der Waals surface area contributed by atoms with E-state index in [-0.39, 0.29) is 11.5 Å². The minimum absolute atomic E-state index is 0.00670. The summed E-state index contributed by atoms with van der Waals surface area (Å²) in [6, 6.07) is 6.97. The highest BCUT2D eigenvalue weighted by Crippen LogP contribution is 2.04. The summed E-state index contributed by atoms with van der Waals surface area (Å²) < 4.78 is 6.08. The van der Waals surface area contributed by atoms with Gasteiger partial charge in [-0.15, -0.1) is 0 Å². The average molecular weight is 333 g/mol. The van der Waals surface area contributed by atoms with Crippen LogP contribution in [0.1, 0.15) is 25.7 Å². The molecule has 0 saturated heterocycles. The van der Waals surface area contributed by atoms with Crippen LogP contribution in [-0.4, -0.2) is 35.7 Å². The van der Waals surface area contributed by atoms with Crippen molar-refractivity contribution in [1.82, 2.24) is 14.9 Å². The summed E-state index contributed by atoms with van der Waals surface area (Å²) in [4.78, 5) is 38.6. The minimum Gasteiger partial charge on any atom is -0.383 e. The van der Waals surface area contributed by atoms with Crippen molar-refractivity contribution in [2.24, 2.45) is 0 Å². The van der Waals surface area contributed by atoms with Gasteiger partial charge >= 0.3 is 5.69 Å². The van der Waals surface area contributed by atoms with Gasteiger partial charge in [0.25, 0.3) is 5.56 Å². The maximum absolute atomic E-state index is 12.3. The van der Waals surface area contributed by atoms with E-state index in [1.54, 1.807) is 31.4 Å². The molecule has 1 aromatic heterocycles. The molecule has 0 bridgehead atoms. The van der Waals surface area contributed by atoms with E-state index in [0.29, 0.717) is 43.4 Å². The molecule has 0 saturated carbocycles. The normalized spacial score (nSPS) is 10.9. The summed E-state index contributed by atoms with van der Waals surface area (Å²) in [5.41, 5.74) is -0.112. The van der Waals surface area contributed by atoms with Crippen LogP contribution in [0.15, 0.2) is 33.9 Å². The second-order valence-electron chi connectivity index (χ2n) is 5.59. The number of methoxy groups -OCH3 is 1. The van der Waals surface area contributed by atoms with Crippen molar-refractivity contribution in [1.29, 1.82) is 0 Å². The summed E-state index contributed by atoms with van der Waals surface area (Å²) in [7, 11) is 1.59. The lowest BCUT2D eigenvalue weighted by Gasteiger charge is -2.07. The number of H-pyrrole nitrogens is 1.